The summed E-state index contributed by atoms with van der Waals surface area (Å²) in [5.74, 6) is 0. The number of thiophene rings is 1. The van der Waals surface area contributed by atoms with Gasteiger partial charge in [-0.3, -0.25) is 4.40 Å². The molecule has 94 valence electrons. The number of rotatable bonds is 2. The van der Waals surface area contributed by atoms with Crippen molar-refractivity contribution in [2.24, 2.45) is 0 Å². The van der Waals surface area contributed by atoms with Crippen LogP contribution in [0.1, 0.15) is 5.69 Å². The first-order valence-electron chi connectivity index (χ1n) is 5.47. The van der Waals surface area contributed by atoms with E-state index in [1.165, 1.54) is 0 Å². The number of imidazole rings is 1. The molecule has 0 radical (unpaired) electrons. The fraction of sp³-hybridized carbons (Fsp3) is 0.0769. The highest BCUT2D eigenvalue weighted by atomic mass is 35.5. The second kappa shape index (κ2) is 4.86. The summed E-state index contributed by atoms with van der Waals surface area (Å²) in [5.41, 5.74) is 2.23. The molecule has 3 nitrogen and oxygen atoms in total. The fourth-order valence-corrected chi connectivity index (χ4v) is 3.22. The third-order valence-corrected chi connectivity index (χ3v) is 4.10. The molecule has 0 aliphatic rings. The molecular weight excluding hydrogens is 301 g/mol. The van der Waals surface area contributed by atoms with Crippen LogP contribution >= 0.6 is 34.5 Å². The number of aromatic nitrogens is 2. The van der Waals surface area contributed by atoms with Crippen LogP contribution in [0.25, 0.3) is 16.2 Å². The standard InChI is InChI=1S/C13H7Cl2N3S/c14-8-6-9(15)13-17-12(11-2-1-5-19-11)10(3-4-16)18(13)7-8/h1-2,5-7H,3H2. The van der Waals surface area contributed by atoms with E-state index in [9.17, 15) is 0 Å². The lowest BCUT2D eigenvalue weighted by Gasteiger charge is -2.01. The smallest absolute Gasteiger partial charge is 0.156 e. The molecule has 0 bridgehead atoms. The van der Waals surface area contributed by atoms with Gasteiger partial charge in [0.25, 0.3) is 0 Å². The molecule has 6 heteroatoms. The van der Waals surface area contributed by atoms with Crippen LogP contribution in [-0.4, -0.2) is 9.38 Å². The van der Waals surface area contributed by atoms with Gasteiger partial charge in [-0.15, -0.1) is 11.3 Å². The normalized spacial score (nSPS) is 10.8. The van der Waals surface area contributed by atoms with Crippen molar-refractivity contribution >= 4 is 40.2 Å². The van der Waals surface area contributed by atoms with Gasteiger partial charge in [0.05, 0.1) is 33.1 Å². The predicted molar refractivity (Wildman–Crippen MR) is 77.8 cm³/mol. The van der Waals surface area contributed by atoms with Crippen LogP contribution < -0.4 is 0 Å². The molecule has 0 spiro atoms. The molecule has 0 saturated carbocycles. The first-order chi connectivity index (χ1) is 9.20. The van der Waals surface area contributed by atoms with Crippen LogP contribution in [0.15, 0.2) is 29.8 Å². The second-order valence-electron chi connectivity index (χ2n) is 3.92. The van der Waals surface area contributed by atoms with Crippen LogP contribution in [0.3, 0.4) is 0 Å². The maximum atomic E-state index is 9.00. The highest BCUT2D eigenvalue weighted by Crippen LogP contribution is 2.32. The zero-order valence-corrected chi connectivity index (χ0v) is 11.9. The van der Waals surface area contributed by atoms with Crippen molar-refractivity contribution in [3.8, 4) is 16.6 Å². The van der Waals surface area contributed by atoms with Gasteiger partial charge in [0.1, 0.15) is 5.69 Å². The van der Waals surface area contributed by atoms with Crippen molar-refractivity contribution in [3.05, 3.63) is 45.5 Å². The lowest BCUT2D eigenvalue weighted by molar-refractivity contribution is 1.06. The van der Waals surface area contributed by atoms with E-state index >= 15 is 0 Å². The van der Waals surface area contributed by atoms with Gasteiger partial charge in [-0.05, 0) is 17.5 Å². The molecule has 19 heavy (non-hydrogen) atoms. The summed E-state index contributed by atoms with van der Waals surface area (Å²) >= 11 is 13.8. The number of halogens is 2. The van der Waals surface area contributed by atoms with E-state index < -0.39 is 0 Å². The third-order valence-electron chi connectivity index (χ3n) is 2.74. The van der Waals surface area contributed by atoms with Gasteiger partial charge < -0.3 is 0 Å². The molecule has 0 aliphatic carbocycles. The van der Waals surface area contributed by atoms with Crippen LogP contribution in [0.5, 0.6) is 0 Å². The van der Waals surface area contributed by atoms with Crippen LogP contribution in [0, 0.1) is 11.3 Å². The van der Waals surface area contributed by atoms with E-state index in [-0.39, 0.29) is 6.42 Å². The monoisotopic (exact) mass is 307 g/mol. The topological polar surface area (TPSA) is 41.1 Å². The Morgan fingerprint density at radius 1 is 1.42 bits per heavy atom. The van der Waals surface area contributed by atoms with E-state index in [0.29, 0.717) is 15.7 Å². The molecule has 3 aromatic rings. The van der Waals surface area contributed by atoms with Crippen molar-refractivity contribution in [3.63, 3.8) is 0 Å². The molecule has 3 heterocycles. The summed E-state index contributed by atoms with van der Waals surface area (Å²) in [5, 5.41) is 12.0. The Morgan fingerprint density at radius 2 is 2.26 bits per heavy atom. The van der Waals surface area contributed by atoms with Gasteiger partial charge in [0.15, 0.2) is 5.65 Å². The van der Waals surface area contributed by atoms with Gasteiger partial charge in [0.2, 0.25) is 0 Å². The Balaban J connectivity index is 2.37. The Morgan fingerprint density at radius 3 is 2.95 bits per heavy atom. The van der Waals surface area contributed by atoms with Gasteiger partial charge in [-0.2, -0.15) is 5.26 Å². The average molecular weight is 308 g/mol. The van der Waals surface area contributed by atoms with E-state index in [4.69, 9.17) is 28.5 Å². The van der Waals surface area contributed by atoms with E-state index in [2.05, 4.69) is 11.1 Å². The molecule has 0 atom stereocenters. The molecule has 0 unspecified atom stereocenters. The molecule has 0 N–H and O–H groups in total. The molecule has 0 fully saturated rings. The molecule has 3 rings (SSSR count). The lowest BCUT2D eigenvalue weighted by atomic mass is 10.2. The molecule has 0 aromatic carbocycles. The number of hydrogen-bond acceptors (Lipinski definition) is 3. The van der Waals surface area contributed by atoms with Crippen LogP contribution in [-0.2, 0) is 6.42 Å². The molecular formula is C13H7Cl2N3S. The summed E-state index contributed by atoms with van der Waals surface area (Å²) in [6, 6.07) is 7.74. The van der Waals surface area contributed by atoms with Crippen molar-refractivity contribution in [1.82, 2.24) is 9.38 Å². The quantitative estimate of drug-likeness (QED) is 0.702. The van der Waals surface area contributed by atoms with Gasteiger partial charge in [-0.25, -0.2) is 4.98 Å². The van der Waals surface area contributed by atoms with Crippen LogP contribution in [0.4, 0.5) is 0 Å². The molecule has 3 aromatic heterocycles. The number of fused-ring (bicyclic) bond motifs is 1. The number of nitrogens with zero attached hydrogens (tertiary/aromatic N) is 3. The van der Waals surface area contributed by atoms with E-state index in [1.807, 2.05) is 17.5 Å². The summed E-state index contributed by atoms with van der Waals surface area (Å²) in [6.45, 7) is 0. The van der Waals surface area contributed by atoms with Crippen molar-refractivity contribution in [2.75, 3.05) is 0 Å². The SMILES string of the molecule is N#CCc1c(-c2cccs2)nc2c(Cl)cc(Cl)cn12. The Kier molecular flexibility index (Phi) is 3.19. The maximum Gasteiger partial charge on any atom is 0.156 e. The summed E-state index contributed by atoms with van der Waals surface area (Å²) in [6.07, 6.45) is 1.99. The highest BCUT2D eigenvalue weighted by Gasteiger charge is 2.16. The first kappa shape index (κ1) is 12.5. The zero-order valence-electron chi connectivity index (χ0n) is 9.60. The maximum absolute atomic E-state index is 9.00. The summed E-state index contributed by atoms with van der Waals surface area (Å²) < 4.78 is 1.79. The van der Waals surface area contributed by atoms with E-state index in [1.54, 1.807) is 28.0 Å². The molecule has 0 amide bonds. The van der Waals surface area contributed by atoms with Crippen molar-refractivity contribution in [1.29, 1.82) is 5.26 Å². The van der Waals surface area contributed by atoms with Gasteiger partial charge in [-0.1, -0.05) is 29.3 Å². The largest absolute Gasteiger partial charge is 0.300 e. The average Bonchev–Trinajstić information content (AvgIpc) is 2.98. The first-order valence-corrected chi connectivity index (χ1v) is 7.11. The fourth-order valence-electron chi connectivity index (χ4n) is 1.97. The van der Waals surface area contributed by atoms with Gasteiger partial charge >= 0.3 is 0 Å². The number of hydrogen-bond donors (Lipinski definition) is 0. The van der Waals surface area contributed by atoms with Gasteiger partial charge in [0, 0.05) is 6.20 Å². The summed E-state index contributed by atoms with van der Waals surface area (Å²) in [7, 11) is 0. The summed E-state index contributed by atoms with van der Waals surface area (Å²) in [4.78, 5) is 5.56. The van der Waals surface area contributed by atoms with Crippen molar-refractivity contribution in [2.45, 2.75) is 6.42 Å². The highest BCUT2D eigenvalue weighted by molar-refractivity contribution is 7.13. The Bertz CT molecular complexity index is 784. The predicted octanol–water partition coefficient (Wildman–Crippen LogP) is 4.44. The minimum absolute atomic E-state index is 0.255. The second-order valence-corrected chi connectivity index (χ2v) is 5.71. The van der Waals surface area contributed by atoms with Crippen LogP contribution in [0.2, 0.25) is 10.0 Å². The van der Waals surface area contributed by atoms with E-state index in [0.717, 1.165) is 16.3 Å². The van der Waals surface area contributed by atoms with Crippen molar-refractivity contribution < 1.29 is 0 Å². The minimum atomic E-state index is 0.255. The molecule has 0 aliphatic heterocycles. The third kappa shape index (κ3) is 2.10. The number of pyridine rings is 1. The lowest BCUT2D eigenvalue weighted by Crippen LogP contribution is -1.93. The Hall–Kier alpha value is -1.54. The Labute approximate surface area is 123 Å². The number of nitriles is 1. The minimum Gasteiger partial charge on any atom is -0.300 e. The molecule has 0 saturated heterocycles. The zero-order chi connectivity index (χ0) is 13.4.